The third-order valence-electron chi connectivity index (χ3n) is 5.32. The third-order valence-corrected chi connectivity index (χ3v) is 5.32. The van der Waals surface area contributed by atoms with Crippen LogP contribution in [0.15, 0.2) is 23.2 Å². The molecule has 4 rings (SSSR count). The summed E-state index contributed by atoms with van der Waals surface area (Å²) in [6.07, 6.45) is 2.41. The molecule has 30 heavy (non-hydrogen) atoms. The van der Waals surface area contributed by atoms with Crippen LogP contribution in [-0.2, 0) is 24.3 Å². The molecule has 1 aliphatic carbocycles. The normalized spacial score (nSPS) is 22.8. The van der Waals surface area contributed by atoms with Crippen molar-refractivity contribution in [3.8, 4) is 0 Å². The SMILES string of the molecule is CCN=C(NC1CCc2nc(COC)nn2C1)NC1CC1c1c(F)cccc1F.I. The number of hydrogen-bond acceptors (Lipinski definition) is 4. The lowest BCUT2D eigenvalue weighted by molar-refractivity contribution is 0.177. The van der Waals surface area contributed by atoms with E-state index in [9.17, 15) is 8.78 Å². The highest BCUT2D eigenvalue weighted by Gasteiger charge is 2.42. The number of methoxy groups -OCH3 is 1. The van der Waals surface area contributed by atoms with Crippen molar-refractivity contribution in [1.82, 2.24) is 25.4 Å². The maximum Gasteiger partial charge on any atom is 0.191 e. The van der Waals surface area contributed by atoms with Crippen molar-refractivity contribution in [2.24, 2.45) is 4.99 Å². The number of nitrogens with zero attached hydrogens (tertiary/aromatic N) is 4. The van der Waals surface area contributed by atoms with Crippen molar-refractivity contribution in [3.05, 3.63) is 47.0 Å². The van der Waals surface area contributed by atoms with E-state index in [-0.39, 0.29) is 47.5 Å². The Kier molecular flexibility index (Phi) is 7.61. The minimum absolute atomic E-state index is 0. The minimum atomic E-state index is -0.487. The third kappa shape index (κ3) is 5.08. The lowest BCUT2D eigenvalue weighted by Crippen LogP contribution is -2.48. The summed E-state index contributed by atoms with van der Waals surface area (Å²) in [5.41, 5.74) is 0.163. The summed E-state index contributed by atoms with van der Waals surface area (Å²) in [4.78, 5) is 8.99. The molecule has 0 radical (unpaired) electrons. The van der Waals surface area contributed by atoms with Gasteiger partial charge in [0.2, 0.25) is 0 Å². The molecule has 0 saturated heterocycles. The molecule has 1 aromatic carbocycles. The Labute approximate surface area is 191 Å². The Hall–Kier alpha value is -1.82. The van der Waals surface area contributed by atoms with Crippen LogP contribution in [0.2, 0.25) is 0 Å². The summed E-state index contributed by atoms with van der Waals surface area (Å²) in [5, 5.41) is 11.3. The Balaban J connectivity index is 0.00000256. The van der Waals surface area contributed by atoms with Crippen molar-refractivity contribution in [2.75, 3.05) is 13.7 Å². The zero-order chi connectivity index (χ0) is 20.4. The number of guanidine groups is 1. The summed E-state index contributed by atoms with van der Waals surface area (Å²) in [6, 6.07) is 4.13. The highest BCUT2D eigenvalue weighted by atomic mass is 127. The fraction of sp³-hybridized carbons (Fsp3) is 0.550. The second kappa shape index (κ2) is 9.99. The maximum absolute atomic E-state index is 14.0. The van der Waals surface area contributed by atoms with E-state index in [0.717, 1.165) is 18.7 Å². The molecule has 3 atom stereocenters. The number of halogens is 3. The second-order valence-corrected chi connectivity index (χ2v) is 7.49. The van der Waals surface area contributed by atoms with Crippen molar-refractivity contribution in [3.63, 3.8) is 0 Å². The van der Waals surface area contributed by atoms with Crippen LogP contribution in [0, 0.1) is 11.6 Å². The Morgan fingerprint density at radius 2 is 2.07 bits per heavy atom. The molecule has 1 fully saturated rings. The van der Waals surface area contributed by atoms with E-state index in [0.29, 0.717) is 37.9 Å². The van der Waals surface area contributed by atoms with Gasteiger partial charge < -0.3 is 15.4 Å². The fourth-order valence-corrected chi connectivity index (χ4v) is 3.87. The number of rotatable bonds is 6. The van der Waals surface area contributed by atoms with E-state index in [1.807, 2.05) is 11.6 Å². The van der Waals surface area contributed by atoms with Crippen molar-refractivity contribution in [1.29, 1.82) is 0 Å². The number of ether oxygens (including phenoxy) is 1. The molecule has 2 N–H and O–H groups in total. The molecule has 7 nitrogen and oxygen atoms in total. The first kappa shape index (κ1) is 22.9. The van der Waals surface area contributed by atoms with Gasteiger partial charge in [-0.05, 0) is 31.9 Å². The lowest BCUT2D eigenvalue weighted by Gasteiger charge is -2.25. The van der Waals surface area contributed by atoms with E-state index >= 15 is 0 Å². The first-order valence-corrected chi connectivity index (χ1v) is 10.0. The van der Waals surface area contributed by atoms with Gasteiger partial charge in [-0.2, -0.15) is 5.10 Å². The summed E-state index contributed by atoms with van der Waals surface area (Å²) in [7, 11) is 1.63. The van der Waals surface area contributed by atoms with E-state index in [4.69, 9.17) is 4.74 Å². The average Bonchev–Trinajstić information content (AvgIpc) is 3.30. The highest BCUT2D eigenvalue weighted by Crippen LogP contribution is 2.43. The van der Waals surface area contributed by atoms with E-state index in [1.54, 1.807) is 7.11 Å². The fourth-order valence-electron chi connectivity index (χ4n) is 3.87. The van der Waals surface area contributed by atoms with Gasteiger partial charge in [0.15, 0.2) is 11.8 Å². The molecule has 10 heteroatoms. The minimum Gasteiger partial charge on any atom is -0.377 e. The molecule has 2 heterocycles. The van der Waals surface area contributed by atoms with Gasteiger partial charge in [-0.25, -0.2) is 18.4 Å². The quantitative estimate of drug-likeness (QED) is 0.340. The number of aryl methyl sites for hydroxylation is 1. The van der Waals surface area contributed by atoms with Gasteiger partial charge >= 0.3 is 0 Å². The van der Waals surface area contributed by atoms with Crippen LogP contribution in [0.5, 0.6) is 0 Å². The first-order chi connectivity index (χ1) is 14.1. The molecule has 3 unspecified atom stereocenters. The molecule has 0 bridgehead atoms. The molecule has 1 saturated carbocycles. The van der Waals surface area contributed by atoms with E-state index in [2.05, 4.69) is 25.7 Å². The van der Waals surface area contributed by atoms with Crippen molar-refractivity contribution in [2.45, 2.75) is 57.3 Å². The monoisotopic (exact) mass is 532 g/mol. The molecule has 0 amide bonds. The van der Waals surface area contributed by atoms with E-state index in [1.165, 1.54) is 18.2 Å². The average molecular weight is 532 g/mol. The number of aromatic nitrogens is 3. The van der Waals surface area contributed by atoms with Crippen LogP contribution < -0.4 is 10.6 Å². The maximum atomic E-state index is 14.0. The van der Waals surface area contributed by atoms with Crippen LogP contribution in [0.3, 0.4) is 0 Å². The summed E-state index contributed by atoms with van der Waals surface area (Å²) in [6.45, 7) is 3.65. The zero-order valence-corrected chi connectivity index (χ0v) is 19.4. The topological polar surface area (TPSA) is 76.4 Å². The molecule has 2 aromatic rings. The van der Waals surface area contributed by atoms with Crippen molar-refractivity contribution >= 4 is 29.9 Å². The number of nitrogens with one attached hydrogen (secondary N) is 2. The van der Waals surface area contributed by atoms with Gasteiger partial charge in [-0.1, -0.05) is 6.07 Å². The van der Waals surface area contributed by atoms with Crippen LogP contribution in [0.25, 0.3) is 0 Å². The van der Waals surface area contributed by atoms with Crippen LogP contribution in [-0.4, -0.2) is 46.5 Å². The van der Waals surface area contributed by atoms with Gasteiger partial charge in [-0.15, -0.1) is 24.0 Å². The van der Waals surface area contributed by atoms with Gasteiger partial charge in [0.25, 0.3) is 0 Å². The Morgan fingerprint density at radius 3 is 2.77 bits per heavy atom. The summed E-state index contributed by atoms with van der Waals surface area (Å²) >= 11 is 0. The number of benzene rings is 1. The second-order valence-electron chi connectivity index (χ2n) is 7.49. The lowest BCUT2D eigenvalue weighted by atomic mass is 10.1. The molecule has 1 aliphatic heterocycles. The van der Waals surface area contributed by atoms with Gasteiger partial charge in [0.05, 0.1) is 6.54 Å². The predicted octanol–water partition coefficient (Wildman–Crippen LogP) is 2.75. The zero-order valence-electron chi connectivity index (χ0n) is 17.1. The molecular formula is C20H27F2IN6O. The van der Waals surface area contributed by atoms with Gasteiger partial charge in [0, 0.05) is 43.6 Å². The van der Waals surface area contributed by atoms with E-state index < -0.39 is 11.6 Å². The summed E-state index contributed by atoms with van der Waals surface area (Å²) in [5.74, 6) is 1.18. The molecular weight excluding hydrogens is 505 g/mol. The largest absolute Gasteiger partial charge is 0.377 e. The number of aliphatic imine (C=N–C) groups is 1. The molecule has 2 aliphatic rings. The van der Waals surface area contributed by atoms with Gasteiger partial charge in [0.1, 0.15) is 24.1 Å². The highest BCUT2D eigenvalue weighted by molar-refractivity contribution is 14.0. The summed E-state index contributed by atoms with van der Waals surface area (Å²) < 4.78 is 35.1. The van der Waals surface area contributed by atoms with Gasteiger partial charge in [-0.3, -0.25) is 4.99 Å². The smallest absolute Gasteiger partial charge is 0.191 e. The van der Waals surface area contributed by atoms with Crippen LogP contribution in [0.4, 0.5) is 8.78 Å². The van der Waals surface area contributed by atoms with Crippen LogP contribution >= 0.6 is 24.0 Å². The standard InChI is InChI=1S/C20H26F2N6O.HI/c1-3-23-20(25-16-9-13(16)19-14(21)5-4-6-15(19)22)24-12-7-8-18-26-17(11-29-2)27-28(18)10-12;/h4-6,12-13,16H,3,7-11H2,1-2H3,(H2,23,24,25);1H. The van der Waals surface area contributed by atoms with Crippen LogP contribution in [0.1, 0.15) is 42.9 Å². The molecule has 1 aromatic heterocycles. The van der Waals surface area contributed by atoms with Crippen molar-refractivity contribution < 1.29 is 13.5 Å². The molecule has 0 spiro atoms. The number of hydrogen-bond donors (Lipinski definition) is 2. The molecule has 164 valence electrons. The first-order valence-electron chi connectivity index (χ1n) is 10.0. The predicted molar refractivity (Wildman–Crippen MR) is 120 cm³/mol. The number of fused-ring (bicyclic) bond motifs is 1. The Morgan fingerprint density at radius 1 is 1.30 bits per heavy atom. The Bertz CT molecular complexity index is 885.